The Kier molecular flexibility index (Phi) is 7.85. The molecule has 0 bridgehead atoms. The van der Waals surface area contributed by atoms with Gasteiger partial charge in [0, 0.05) is 0 Å². The van der Waals surface area contributed by atoms with E-state index >= 15 is 0 Å². The van der Waals surface area contributed by atoms with Gasteiger partial charge in [-0.2, -0.15) is 0 Å². The molecule has 0 aromatic rings. The van der Waals surface area contributed by atoms with Crippen molar-refractivity contribution in [2.45, 2.75) is 125 Å². The fourth-order valence-electron chi connectivity index (χ4n) is 8.67. The number of hydrogen-bond acceptors (Lipinski definition) is 1. The summed E-state index contributed by atoms with van der Waals surface area (Å²) in [5, 5.41) is 10.2. The van der Waals surface area contributed by atoms with Crippen molar-refractivity contribution in [3.63, 3.8) is 0 Å². The summed E-state index contributed by atoms with van der Waals surface area (Å²) in [4.78, 5) is 0. The highest BCUT2D eigenvalue weighted by atomic mass is 16.3. The molecule has 0 radical (unpaired) electrons. The van der Waals surface area contributed by atoms with Gasteiger partial charge >= 0.3 is 0 Å². The van der Waals surface area contributed by atoms with Crippen LogP contribution in [-0.4, -0.2) is 11.2 Å². The fraction of sp³-hybridized carbons (Fsp3) is 0.931. The summed E-state index contributed by atoms with van der Waals surface area (Å²) in [5.41, 5.74) is 2.60. The lowest BCUT2D eigenvalue weighted by Crippen LogP contribution is -2.50. The average molecular weight is 417 g/mol. The highest BCUT2D eigenvalue weighted by molar-refractivity contribution is 5.25. The van der Waals surface area contributed by atoms with Gasteiger partial charge in [0.05, 0.1) is 6.10 Å². The van der Waals surface area contributed by atoms with Gasteiger partial charge in [0.15, 0.2) is 0 Å². The maximum Gasteiger partial charge on any atom is 0.0577 e. The zero-order valence-corrected chi connectivity index (χ0v) is 21.3. The lowest BCUT2D eigenvalue weighted by Gasteiger charge is -2.58. The van der Waals surface area contributed by atoms with Gasteiger partial charge in [-0.1, -0.05) is 79.4 Å². The van der Waals surface area contributed by atoms with E-state index in [-0.39, 0.29) is 6.10 Å². The molecule has 1 N–H and O–H groups in total. The molecule has 0 aromatic carbocycles. The summed E-state index contributed by atoms with van der Waals surface area (Å²) >= 11 is 0. The van der Waals surface area contributed by atoms with Gasteiger partial charge < -0.3 is 5.11 Å². The minimum Gasteiger partial charge on any atom is -0.393 e. The second-order valence-electron chi connectivity index (χ2n) is 12.2. The lowest BCUT2D eigenvalue weighted by atomic mass is 9.47. The van der Waals surface area contributed by atoms with Crippen molar-refractivity contribution in [3.05, 3.63) is 11.6 Å². The van der Waals surface area contributed by atoms with Crippen molar-refractivity contribution in [2.24, 2.45) is 46.3 Å². The number of allylic oxidation sites excluding steroid dienone is 1. The predicted octanol–water partition coefficient (Wildman–Crippen LogP) is 8.41. The van der Waals surface area contributed by atoms with Gasteiger partial charge in [0.1, 0.15) is 0 Å². The van der Waals surface area contributed by atoms with Gasteiger partial charge in [-0.3, -0.25) is 0 Å². The third kappa shape index (κ3) is 4.31. The maximum absolute atomic E-state index is 10.2. The zero-order valence-electron chi connectivity index (χ0n) is 21.3. The normalized spacial score (nSPS) is 43.6. The van der Waals surface area contributed by atoms with E-state index in [1.807, 2.05) is 13.8 Å². The minimum absolute atomic E-state index is 0.0766. The topological polar surface area (TPSA) is 20.2 Å². The highest BCUT2D eigenvalue weighted by Crippen LogP contribution is 2.67. The van der Waals surface area contributed by atoms with Crippen molar-refractivity contribution in [2.75, 3.05) is 0 Å². The van der Waals surface area contributed by atoms with Crippen LogP contribution in [0, 0.1) is 46.3 Å². The summed E-state index contributed by atoms with van der Waals surface area (Å²) < 4.78 is 0. The van der Waals surface area contributed by atoms with Crippen LogP contribution >= 0.6 is 0 Å². The molecular weight excluding hydrogens is 364 g/mol. The Bertz CT molecular complexity index is 591. The molecule has 8 atom stereocenters. The first-order valence-electron chi connectivity index (χ1n) is 13.6. The number of rotatable bonds is 5. The molecule has 30 heavy (non-hydrogen) atoms. The Morgan fingerprint density at radius 2 is 1.70 bits per heavy atom. The lowest BCUT2D eigenvalue weighted by molar-refractivity contribution is -0.0573. The average Bonchev–Trinajstić information content (AvgIpc) is 3.07. The Balaban J connectivity index is 0.00000124. The fourth-order valence-corrected chi connectivity index (χ4v) is 8.67. The standard InChI is InChI=1S/C27H46O.C2H6/c1-18(2)7-6-8-19(3)23-11-12-24-22-10-9-20-17-21(28)13-15-26(20,4)25(22)14-16-27(23,24)5;1-2/h9,18-19,21-25,28H,6-8,10-17H2,1-5H3;1-2H3/t19-,21+,22?,23?,24?,25?,26?,27?;/m1./s1. The first-order valence-corrected chi connectivity index (χ1v) is 13.6. The Labute approximate surface area is 188 Å². The summed E-state index contributed by atoms with van der Waals surface area (Å²) in [6.45, 7) is 16.6. The molecule has 1 nitrogen and oxygen atoms in total. The second-order valence-corrected chi connectivity index (χ2v) is 12.2. The molecule has 4 aliphatic rings. The van der Waals surface area contributed by atoms with E-state index in [2.05, 4.69) is 40.7 Å². The van der Waals surface area contributed by atoms with Crippen LogP contribution in [0.3, 0.4) is 0 Å². The van der Waals surface area contributed by atoms with Crippen molar-refractivity contribution in [3.8, 4) is 0 Å². The van der Waals surface area contributed by atoms with Crippen LogP contribution < -0.4 is 0 Å². The SMILES string of the molecule is CC.CC(C)CCC[C@@H](C)C1CCC2C3CC=C4C[C@@H](O)CCC4(C)C3CCC21C. The molecule has 0 saturated heterocycles. The van der Waals surface area contributed by atoms with E-state index in [9.17, 15) is 5.11 Å². The Hall–Kier alpha value is -0.300. The van der Waals surface area contributed by atoms with Crippen LogP contribution in [-0.2, 0) is 0 Å². The second kappa shape index (κ2) is 9.68. The summed E-state index contributed by atoms with van der Waals surface area (Å²) in [7, 11) is 0. The van der Waals surface area contributed by atoms with E-state index in [4.69, 9.17) is 0 Å². The molecule has 3 saturated carbocycles. The molecule has 3 fully saturated rings. The van der Waals surface area contributed by atoms with Gasteiger partial charge in [0.2, 0.25) is 0 Å². The Morgan fingerprint density at radius 1 is 0.967 bits per heavy atom. The summed E-state index contributed by atoms with van der Waals surface area (Å²) in [5.74, 6) is 5.46. The van der Waals surface area contributed by atoms with Crippen LogP contribution in [0.1, 0.15) is 119 Å². The largest absolute Gasteiger partial charge is 0.393 e. The van der Waals surface area contributed by atoms with Crippen molar-refractivity contribution >= 4 is 0 Å². The van der Waals surface area contributed by atoms with Crippen LogP contribution in [0.4, 0.5) is 0 Å². The molecular formula is C29H52O. The van der Waals surface area contributed by atoms with Gasteiger partial charge in [-0.15, -0.1) is 0 Å². The summed E-state index contributed by atoms with van der Waals surface area (Å²) in [6.07, 6.45) is 17.2. The van der Waals surface area contributed by atoms with E-state index in [0.717, 1.165) is 48.3 Å². The van der Waals surface area contributed by atoms with Crippen LogP contribution in [0.5, 0.6) is 0 Å². The van der Waals surface area contributed by atoms with Gasteiger partial charge in [-0.05, 0) is 97.7 Å². The zero-order chi connectivity index (χ0) is 22.1. The highest BCUT2D eigenvalue weighted by Gasteiger charge is 2.59. The molecule has 174 valence electrons. The van der Waals surface area contributed by atoms with Crippen molar-refractivity contribution in [1.29, 1.82) is 0 Å². The van der Waals surface area contributed by atoms with Crippen molar-refractivity contribution < 1.29 is 5.11 Å². The minimum atomic E-state index is -0.0766. The van der Waals surface area contributed by atoms with Crippen LogP contribution in [0.25, 0.3) is 0 Å². The Morgan fingerprint density at radius 3 is 2.40 bits per heavy atom. The smallest absolute Gasteiger partial charge is 0.0577 e. The molecule has 6 unspecified atom stereocenters. The van der Waals surface area contributed by atoms with Crippen LogP contribution in [0.2, 0.25) is 0 Å². The van der Waals surface area contributed by atoms with Crippen molar-refractivity contribution in [1.82, 2.24) is 0 Å². The molecule has 0 heterocycles. The number of aliphatic hydroxyl groups excluding tert-OH is 1. The van der Waals surface area contributed by atoms with E-state index in [1.54, 1.807) is 5.57 Å². The first-order chi connectivity index (χ1) is 14.3. The maximum atomic E-state index is 10.2. The number of fused-ring (bicyclic) bond motifs is 5. The van der Waals surface area contributed by atoms with E-state index in [1.165, 1.54) is 57.8 Å². The third-order valence-corrected chi connectivity index (χ3v) is 10.3. The van der Waals surface area contributed by atoms with E-state index in [0.29, 0.717) is 10.8 Å². The first kappa shape index (κ1) is 24.3. The van der Waals surface area contributed by atoms with Gasteiger partial charge in [0.25, 0.3) is 0 Å². The van der Waals surface area contributed by atoms with Gasteiger partial charge in [-0.25, -0.2) is 0 Å². The number of hydrogen-bond donors (Lipinski definition) is 1. The monoisotopic (exact) mass is 416 g/mol. The van der Waals surface area contributed by atoms with E-state index < -0.39 is 0 Å². The molecule has 0 amide bonds. The molecule has 1 heteroatoms. The molecule has 4 aliphatic carbocycles. The molecule has 0 aromatic heterocycles. The predicted molar refractivity (Wildman–Crippen MR) is 130 cm³/mol. The van der Waals surface area contributed by atoms with Crippen LogP contribution in [0.15, 0.2) is 11.6 Å². The number of aliphatic hydroxyl groups is 1. The quantitative estimate of drug-likeness (QED) is 0.446. The molecule has 4 rings (SSSR count). The molecule has 0 spiro atoms. The molecule has 0 aliphatic heterocycles. The third-order valence-electron chi connectivity index (χ3n) is 10.3. The summed E-state index contributed by atoms with van der Waals surface area (Å²) in [6, 6.07) is 0.